The number of allylic oxidation sites excluding steroid dienone is 1. The summed E-state index contributed by atoms with van der Waals surface area (Å²) in [5, 5.41) is 0. The number of hydrogen-bond donors (Lipinski definition) is 0. The topological polar surface area (TPSA) is 52.6 Å². The molecule has 1 rings (SSSR count). The van der Waals surface area contributed by atoms with Gasteiger partial charge in [-0.15, -0.1) is 0 Å². The highest BCUT2D eigenvalue weighted by Crippen LogP contribution is 2.19. The van der Waals surface area contributed by atoms with Gasteiger partial charge in [-0.05, 0) is 32.1 Å². The molecule has 0 aliphatic rings. The lowest BCUT2D eigenvalue weighted by atomic mass is 10.2. The zero-order chi connectivity index (χ0) is 12.7. The van der Waals surface area contributed by atoms with E-state index < -0.39 is 6.16 Å². The van der Waals surface area contributed by atoms with E-state index in [1.807, 2.05) is 0 Å². The molecule has 0 N–H and O–H groups in total. The quantitative estimate of drug-likeness (QED) is 0.456. The molecule has 0 atom stereocenters. The van der Waals surface area contributed by atoms with Crippen LogP contribution in [0.3, 0.4) is 0 Å². The van der Waals surface area contributed by atoms with Gasteiger partial charge in [-0.3, -0.25) is 4.79 Å². The molecule has 0 aliphatic heterocycles. The van der Waals surface area contributed by atoms with E-state index in [1.54, 1.807) is 37.3 Å². The minimum absolute atomic E-state index is 0.0732. The standard InChI is InChI=1S/C13H14O4/c1-3-16-13(15)17-12-7-5-4-6-11(12)9-8-10(2)14/h4-9H,3H2,1-2H3. The van der Waals surface area contributed by atoms with Crippen LogP contribution in [-0.2, 0) is 9.53 Å². The molecule has 0 aliphatic carbocycles. The molecule has 4 heteroatoms. The summed E-state index contributed by atoms with van der Waals surface area (Å²) >= 11 is 0. The second-order valence-electron chi connectivity index (χ2n) is 3.27. The first-order chi connectivity index (χ1) is 8.13. The summed E-state index contributed by atoms with van der Waals surface area (Å²) in [6, 6.07) is 6.90. The molecular weight excluding hydrogens is 220 g/mol. The molecule has 0 radical (unpaired) electrons. The summed E-state index contributed by atoms with van der Waals surface area (Å²) in [5.74, 6) is 0.291. The Morgan fingerprint density at radius 1 is 1.29 bits per heavy atom. The van der Waals surface area contributed by atoms with Crippen LogP contribution in [0.25, 0.3) is 6.08 Å². The average molecular weight is 234 g/mol. The lowest BCUT2D eigenvalue weighted by molar-refractivity contribution is -0.112. The lowest BCUT2D eigenvalue weighted by Gasteiger charge is -2.06. The van der Waals surface area contributed by atoms with Crippen LogP contribution in [0.1, 0.15) is 19.4 Å². The van der Waals surface area contributed by atoms with Crippen molar-refractivity contribution in [2.24, 2.45) is 0 Å². The van der Waals surface area contributed by atoms with Crippen LogP contribution in [0, 0.1) is 0 Å². The van der Waals surface area contributed by atoms with Gasteiger partial charge >= 0.3 is 6.16 Å². The molecule has 17 heavy (non-hydrogen) atoms. The fourth-order valence-corrected chi connectivity index (χ4v) is 1.16. The summed E-state index contributed by atoms with van der Waals surface area (Å²) in [6.07, 6.45) is 2.25. The van der Waals surface area contributed by atoms with Crippen LogP contribution in [-0.4, -0.2) is 18.5 Å². The Hall–Kier alpha value is -2.10. The molecule has 0 amide bonds. The fraction of sp³-hybridized carbons (Fsp3) is 0.231. The van der Waals surface area contributed by atoms with Gasteiger partial charge in [0.15, 0.2) is 5.78 Å². The van der Waals surface area contributed by atoms with Gasteiger partial charge in [-0.25, -0.2) is 4.79 Å². The van der Waals surface area contributed by atoms with Gasteiger partial charge in [-0.2, -0.15) is 0 Å². The number of hydrogen-bond acceptors (Lipinski definition) is 4. The molecule has 1 aromatic rings. The van der Waals surface area contributed by atoms with Crippen LogP contribution < -0.4 is 4.74 Å². The van der Waals surface area contributed by atoms with Crippen LogP contribution in [0.4, 0.5) is 4.79 Å². The summed E-state index contributed by atoms with van der Waals surface area (Å²) in [4.78, 5) is 22.0. The highest BCUT2D eigenvalue weighted by Gasteiger charge is 2.07. The molecular formula is C13H14O4. The van der Waals surface area contributed by atoms with E-state index in [0.29, 0.717) is 11.3 Å². The Morgan fingerprint density at radius 2 is 2.00 bits per heavy atom. The Balaban J connectivity index is 2.84. The first-order valence-electron chi connectivity index (χ1n) is 5.25. The first-order valence-corrected chi connectivity index (χ1v) is 5.25. The Morgan fingerprint density at radius 3 is 2.65 bits per heavy atom. The maximum Gasteiger partial charge on any atom is 0.513 e. The Bertz CT molecular complexity index is 435. The minimum atomic E-state index is -0.754. The van der Waals surface area contributed by atoms with Gasteiger partial charge in [0.05, 0.1) is 6.61 Å². The van der Waals surface area contributed by atoms with Crippen molar-refractivity contribution < 1.29 is 19.1 Å². The van der Waals surface area contributed by atoms with Crippen molar-refractivity contribution in [3.63, 3.8) is 0 Å². The maximum absolute atomic E-state index is 11.2. The molecule has 1 aromatic carbocycles. The first kappa shape index (κ1) is 13.0. The van der Waals surface area contributed by atoms with Gasteiger partial charge in [0.1, 0.15) is 5.75 Å². The van der Waals surface area contributed by atoms with E-state index in [9.17, 15) is 9.59 Å². The number of para-hydroxylation sites is 1. The van der Waals surface area contributed by atoms with Crippen LogP contribution in [0.5, 0.6) is 5.75 Å². The predicted octanol–water partition coefficient (Wildman–Crippen LogP) is 2.82. The second-order valence-corrected chi connectivity index (χ2v) is 3.27. The van der Waals surface area contributed by atoms with E-state index in [-0.39, 0.29) is 12.4 Å². The molecule has 0 fully saturated rings. The fourth-order valence-electron chi connectivity index (χ4n) is 1.16. The highest BCUT2D eigenvalue weighted by molar-refractivity contribution is 5.92. The molecule has 0 unspecified atom stereocenters. The summed E-state index contributed by atoms with van der Waals surface area (Å²) in [6.45, 7) is 3.40. The smallest absolute Gasteiger partial charge is 0.434 e. The van der Waals surface area contributed by atoms with Crippen LogP contribution in [0.2, 0.25) is 0 Å². The maximum atomic E-state index is 11.2. The number of rotatable bonds is 4. The van der Waals surface area contributed by atoms with Crippen molar-refractivity contribution in [1.82, 2.24) is 0 Å². The SMILES string of the molecule is CCOC(=O)Oc1ccccc1C=CC(C)=O. The number of carbonyl (C=O) groups excluding carboxylic acids is 2. The monoisotopic (exact) mass is 234 g/mol. The number of ketones is 1. The van der Waals surface area contributed by atoms with Crippen molar-refractivity contribution in [2.75, 3.05) is 6.61 Å². The van der Waals surface area contributed by atoms with Crippen molar-refractivity contribution in [3.05, 3.63) is 35.9 Å². The number of ether oxygens (including phenoxy) is 2. The van der Waals surface area contributed by atoms with Crippen molar-refractivity contribution >= 4 is 18.0 Å². The van der Waals surface area contributed by atoms with E-state index in [0.717, 1.165) is 0 Å². The van der Waals surface area contributed by atoms with E-state index >= 15 is 0 Å². The predicted molar refractivity (Wildman–Crippen MR) is 63.8 cm³/mol. The van der Waals surface area contributed by atoms with Crippen LogP contribution >= 0.6 is 0 Å². The van der Waals surface area contributed by atoms with Gasteiger partial charge in [-0.1, -0.05) is 18.2 Å². The summed E-state index contributed by atoms with van der Waals surface area (Å²) < 4.78 is 9.67. The third kappa shape index (κ3) is 4.51. The third-order valence-corrected chi connectivity index (χ3v) is 1.87. The van der Waals surface area contributed by atoms with Gasteiger partial charge in [0, 0.05) is 5.56 Å². The Kier molecular flexibility index (Phi) is 4.94. The molecule has 0 saturated heterocycles. The molecule has 0 aromatic heterocycles. The minimum Gasteiger partial charge on any atom is -0.434 e. The molecule has 4 nitrogen and oxygen atoms in total. The van der Waals surface area contributed by atoms with Gasteiger partial charge < -0.3 is 9.47 Å². The molecule has 0 bridgehead atoms. The molecule has 0 heterocycles. The van der Waals surface area contributed by atoms with Crippen molar-refractivity contribution in [2.45, 2.75) is 13.8 Å². The lowest BCUT2D eigenvalue weighted by Crippen LogP contribution is -2.10. The zero-order valence-corrected chi connectivity index (χ0v) is 9.80. The molecule has 90 valence electrons. The van der Waals surface area contributed by atoms with E-state index in [2.05, 4.69) is 4.74 Å². The molecule has 0 spiro atoms. The third-order valence-electron chi connectivity index (χ3n) is 1.87. The average Bonchev–Trinajstić information content (AvgIpc) is 2.28. The molecule has 0 saturated carbocycles. The zero-order valence-electron chi connectivity index (χ0n) is 9.80. The van der Waals surface area contributed by atoms with Crippen molar-refractivity contribution in [1.29, 1.82) is 0 Å². The number of carbonyl (C=O) groups is 2. The van der Waals surface area contributed by atoms with Gasteiger partial charge in [0.2, 0.25) is 0 Å². The van der Waals surface area contributed by atoms with Gasteiger partial charge in [0.25, 0.3) is 0 Å². The van der Waals surface area contributed by atoms with E-state index in [4.69, 9.17) is 4.74 Å². The second kappa shape index (κ2) is 6.48. The number of benzene rings is 1. The largest absolute Gasteiger partial charge is 0.513 e. The summed E-state index contributed by atoms with van der Waals surface area (Å²) in [5.41, 5.74) is 0.649. The highest BCUT2D eigenvalue weighted by atomic mass is 16.7. The normalized spacial score (nSPS) is 10.2. The summed E-state index contributed by atoms with van der Waals surface area (Å²) in [7, 11) is 0. The Labute approximate surface area is 99.8 Å². The van der Waals surface area contributed by atoms with Crippen LogP contribution in [0.15, 0.2) is 30.3 Å². The van der Waals surface area contributed by atoms with Crippen molar-refractivity contribution in [3.8, 4) is 5.75 Å². The van der Waals surface area contributed by atoms with E-state index in [1.165, 1.54) is 13.0 Å².